The lowest BCUT2D eigenvalue weighted by atomic mass is 9.62. The van der Waals surface area contributed by atoms with Gasteiger partial charge in [-0.1, -0.05) is 157 Å². The Bertz CT molecular complexity index is 2420. The molecule has 1 heterocycles. The van der Waals surface area contributed by atoms with Crippen molar-refractivity contribution in [3.63, 3.8) is 0 Å². The van der Waals surface area contributed by atoms with Crippen LogP contribution in [0.3, 0.4) is 0 Å². The van der Waals surface area contributed by atoms with Crippen LogP contribution in [0.1, 0.15) is 56.3 Å². The smallest absolute Gasteiger partial charge is 0.232 e. The number of halogens is 2. The monoisotopic (exact) mass is 701 g/mol. The fourth-order valence-electron chi connectivity index (χ4n) is 7.78. The molecule has 5 heteroatoms. The van der Waals surface area contributed by atoms with E-state index in [9.17, 15) is 4.79 Å². The standard InChI is InChI=1S/C46H33Cl2NO2/c47-38-22-18-32(19-23-38)41-40(45(50)37-17-15-30-9-5-7-13-35(30)27-37)28-49-46(51)44(31-10-2-1-3-11-31)42(33-20-24-39(48)25-21-33)43(41)36-16-14-29-8-4-6-12-34(29)26-36/h1-28,41-44H,(H,49,51). The number of ketones is 1. The van der Waals surface area contributed by atoms with Gasteiger partial charge in [0.1, 0.15) is 0 Å². The summed E-state index contributed by atoms with van der Waals surface area (Å²) in [5, 5.41) is 8.53. The molecule has 0 bridgehead atoms. The molecule has 7 aromatic carbocycles. The van der Waals surface area contributed by atoms with E-state index in [2.05, 4.69) is 35.6 Å². The van der Waals surface area contributed by atoms with E-state index in [1.165, 1.54) is 0 Å². The number of amides is 1. The Morgan fingerprint density at radius 1 is 0.471 bits per heavy atom. The molecule has 0 aliphatic carbocycles. The molecule has 1 aliphatic rings. The third kappa shape index (κ3) is 6.47. The van der Waals surface area contributed by atoms with Crippen LogP contribution in [0.5, 0.6) is 0 Å². The Kier molecular flexibility index (Phi) is 9.00. The summed E-state index contributed by atoms with van der Waals surface area (Å²) in [4.78, 5) is 29.7. The Morgan fingerprint density at radius 3 is 1.61 bits per heavy atom. The average molecular weight is 703 g/mol. The second kappa shape index (κ2) is 14.0. The highest BCUT2D eigenvalue weighted by atomic mass is 35.5. The zero-order valence-electron chi connectivity index (χ0n) is 27.5. The van der Waals surface area contributed by atoms with Crippen molar-refractivity contribution in [2.75, 3.05) is 0 Å². The molecule has 51 heavy (non-hydrogen) atoms. The number of allylic oxidation sites excluding steroid dienone is 1. The molecule has 4 unspecified atom stereocenters. The van der Waals surface area contributed by atoms with Gasteiger partial charge in [0.2, 0.25) is 5.91 Å². The van der Waals surface area contributed by atoms with Gasteiger partial charge in [-0.2, -0.15) is 0 Å². The van der Waals surface area contributed by atoms with Gasteiger partial charge in [-0.25, -0.2) is 0 Å². The molecule has 0 radical (unpaired) electrons. The van der Waals surface area contributed by atoms with E-state index in [0.717, 1.165) is 43.8 Å². The predicted octanol–water partition coefficient (Wildman–Crippen LogP) is 11.6. The zero-order valence-corrected chi connectivity index (χ0v) is 29.1. The van der Waals surface area contributed by atoms with Crippen molar-refractivity contribution >= 4 is 56.4 Å². The number of benzene rings is 7. The molecule has 1 aliphatic heterocycles. The van der Waals surface area contributed by atoms with Crippen LogP contribution in [0.4, 0.5) is 0 Å². The minimum atomic E-state index is -0.604. The van der Waals surface area contributed by atoms with E-state index in [0.29, 0.717) is 21.2 Å². The normalized spacial score (nSPS) is 19.2. The van der Waals surface area contributed by atoms with Gasteiger partial charge < -0.3 is 5.32 Å². The molecule has 7 aromatic rings. The highest BCUT2D eigenvalue weighted by Crippen LogP contribution is 2.54. The maximum absolute atomic E-state index is 15.0. The van der Waals surface area contributed by atoms with Crippen LogP contribution in [0, 0.1) is 0 Å². The summed E-state index contributed by atoms with van der Waals surface area (Å²) < 4.78 is 0. The third-order valence-electron chi connectivity index (χ3n) is 10.2. The fraction of sp³-hybridized carbons (Fsp3) is 0.0870. The van der Waals surface area contributed by atoms with E-state index in [1.807, 2.05) is 133 Å². The number of Topliss-reactive ketones (excluding diaryl/α,β-unsaturated/α-hetero) is 1. The van der Waals surface area contributed by atoms with Crippen LogP contribution >= 0.6 is 23.2 Å². The van der Waals surface area contributed by atoms with Gasteiger partial charge in [0.05, 0.1) is 5.92 Å². The first-order valence-electron chi connectivity index (χ1n) is 17.0. The minimum absolute atomic E-state index is 0.153. The summed E-state index contributed by atoms with van der Waals surface area (Å²) in [6.45, 7) is 0. The molecule has 0 saturated carbocycles. The number of fused-ring (bicyclic) bond motifs is 2. The Morgan fingerprint density at radius 2 is 0.961 bits per heavy atom. The molecule has 0 fully saturated rings. The van der Waals surface area contributed by atoms with E-state index in [-0.39, 0.29) is 17.6 Å². The number of nitrogens with one attached hydrogen (secondary N) is 1. The van der Waals surface area contributed by atoms with Crippen LogP contribution in [0.15, 0.2) is 176 Å². The van der Waals surface area contributed by atoms with Gasteiger partial charge in [0, 0.05) is 45.1 Å². The number of rotatable bonds is 6. The van der Waals surface area contributed by atoms with Crippen molar-refractivity contribution < 1.29 is 9.59 Å². The summed E-state index contributed by atoms with van der Waals surface area (Å²) in [5.74, 6) is -2.24. The highest BCUT2D eigenvalue weighted by molar-refractivity contribution is 6.30. The van der Waals surface area contributed by atoms with Crippen molar-refractivity contribution in [1.82, 2.24) is 5.32 Å². The van der Waals surface area contributed by atoms with Crippen LogP contribution in [0.25, 0.3) is 21.5 Å². The molecule has 1 amide bonds. The summed E-state index contributed by atoms with van der Waals surface area (Å²) in [5.41, 5.74) is 4.80. The number of carbonyl (C=O) groups is 2. The van der Waals surface area contributed by atoms with E-state index in [4.69, 9.17) is 23.2 Å². The molecular formula is C46H33Cl2NO2. The Balaban J connectivity index is 1.44. The molecule has 4 atom stereocenters. The lowest BCUT2D eigenvalue weighted by molar-refractivity contribution is -0.122. The maximum Gasteiger partial charge on any atom is 0.232 e. The van der Waals surface area contributed by atoms with Crippen LogP contribution in [-0.2, 0) is 4.79 Å². The van der Waals surface area contributed by atoms with Gasteiger partial charge in [-0.15, -0.1) is 0 Å². The van der Waals surface area contributed by atoms with Crippen molar-refractivity contribution in [3.8, 4) is 0 Å². The van der Waals surface area contributed by atoms with E-state index >= 15 is 4.79 Å². The average Bonchev–Trinajstić information content (AvgIpc) is 3.17. The first-order valence-corrected chi connectivity index (χ1v) is 17.8. The first-order chi connectivity index (χ1) is 24.9. The van der Waals surface area contributed by atoms with Crippen LogP contribution in [0.2, 0.25) is 10.0 Å². The van der Waals surface area contributed by atoms with Gasteiger partial charge in [-0.3, -0.25) is 9.59 Å². The van der Waals surface area contributed by atoms with Gasteiger partial charge in [0.25, 0.3) is 0 Å². The lowest BCUT2D eigenvalue weighted by Gasteiger charge is -2.41. The lowest BCUT2D eigenvalue weighted by Crippen LogP contribution is -2.38. The molecule has 3 nitrogen and oxygen atoms in total. The van der Waals surface area contributed by atoms with Gasteiger partial charge in [0.15, 0.2) is 5.78 Å². The van der Waals surface area contributed by atoms with Crippen LogP contribution < -0.4 is 5.32 Å². The maximum atomic E-state index is 15.0. The molecule has 248 valence electrons. The second-order valence-corrected chi connectivity index (χ2v) is 14.0. The van der Waals surface area contributed by atoms with Crippen molar-refractivity contribution in [3.05, 3.63) is 213 Å². The predicted molar refractivity (Wildman–Crippen MR) is 209 cm³/mol. The van der Waals surface area contributed by atoms with Crippen LogP contribution in [-0.4, -0.2) is 11.7 Å². The number of hydrogen-bond acceptors (Lipinski definition) is 2. The Hall–Kier alpha value is -5.48. The molecular weight excluding hydrogens is 669 g/mol. The summed E-state index contributed by atoms with van der Waals surface area (Å²) in [6.07, 6.45) is 1.65. The van der Waals surface area contributed by atoms with Crippen molar-refractivity contribution in [2.24, 2.45) is 0 Å². The fourth-order valence-corrected chi connectivity index (χ4v) is 8.03. The van der Waals surface area contributed by atoms with E-state index < -0.39 is 17.8 Å². The highest BCUT2D eigenvalue weighted by Gasteiger charge is 2.45. The second-order valence-electron chi connectivity index (χ2n) is 13.1. The Labute approximate surface area is 307 Å². The van der Waals surface area contributed by atoms with Crippen molar-refractivity contribution in [1.29, 1.82) is 0 Å². The molecule has 0 saturated heterocycles. The third-order valence-corrected chi connectivity index (χ3v) is 10.7. The molecule has 1 N–H and O–H groups in total. The molecule has 8 rings (SSSR count). The number of carbonyl (C=O) groups excluding carboxylic acids is 2. The minimum Gasteiger partial charge on any atom is -0.332 e. The van der Waals surface area contributed by atoms with Gasteiger partial charge in [-0.05, 0) is 74.1 Å². The SMILES string of the molecule is O=C(C1=CNC(=O)C(c2ccccc2)C(c2ccc(Cl)cc2)C(c2ccc3ccccc3c2)C1c1ccc(Cl)cc1)c1ccc2ccccc2c1. The summed E-state index contributed by atoms with van der Waals surface area (Å²) in [7, 11) is 0. The van der Waals surface area contributed by atoms with E-state index in [1.54, 1.807) is 6.20 Å². The summed E-state index contributed by atoms with van der Waals surface area (Å²) in [6, 6.07) is 54.0. The zero-order chi connectivity index (χ0) is 34.9. The topological polar surface area (TPSA) is 46.2 Å². The first kappa shape index (κ1) is 32.7. The molecule has 0 aromatic heterocycles. The molecule has 0 spiro atoms. The number of hydrogen-bond donors (Lipinski definition) is 1. The van der Waals surface area contributed by atoms with Crippen molar-refractivity contribution in [2.45, 2.75) is 23.7 Å². The quantitative estimate of drug-likeness (QED) is 0.175. The summed E-state index contributed by atoms with van der Waals surface area (Å²) >= 11 is 13.0. The largest absolute Gasteiger partial charge is 0.332 e. The van der Waals surface area contributed by atoms with Gasteiger partial charge >= 0.3 is 0 Å².